The van der Waals surface area contributed by atoms with E-state index in [1.54, 1.807) is 12.1 Å². The number of carbonyl (C=O) groups is 1. The number of carbonyl (C=O) groups excluding carboxylic acids is 1. The fourth-order valence-corrected chi connectivity index (χ4v) is 3.98. The van der Waals surface area contributed by atoms with Crippen LogP contribution in [-0.2, 0) is 18.9 Å². The lowest BCUT2D eigenvalue weighted by atomic mass is 9.71. The Bertz CT molecular complexity index is 1130. The van der Waals surface area contributed by atoms with E-state index in [4.69, 9.17) is 0 Å². The molecule has 0 radical (unpaired) electrons. The Labute approximate surface area is 168 Å². The van der Waals surface area contributed by atoms with E-state index >= 15 is 0 Å². The standard InChI is InChI=1S/C22H26N2O5/c1-12-6-8-13(9-7-12)16(17-14(25)10-22(2,3)11-15(17)26)18-19(27)23(4)21(29)24(5)20(18)28/h6-9,16,25,27H,10-11H2,1-5H3. The van der Waals surface area contributed by atoms with Gasteiger partial charge in [-0.3, -0.25) is 18.7 Å². The van der Waals surface area contributed by atoms with Gasteiger partial charge in [-0.1, -0.05) is 43.7 Å². The molecule has 1 heterocycles. The molecule has 1 aromatic carbocycles. The van der Waals surface area contributed by atoms with Crippen LogP contribution in [0.2, 0.25) is 0 Å². The lowest BCUT2D eigenvalue weighted by Crippen LogP contribution is -2.40. The van der Waals surface area contributed by atoms with Gasteiger partial charge in [0, 0.05) is 32.5 Å². The topological polar surface area (TPSA) is 102 Å². The van der Waals surface area contributed by atoms with Gasteiger partial charge in [0.25, 0.3) is 5.56 Å². The number of rotatable bonds is 3. The molecule has 2 aromatic rings. The van der Waals surface area contributed by atoms with Gasteiger partial charge >= 0.3 is 5.69 Å². The maximum absolute atomic E-state index is 13.1. The third kappa shape index (κ3) is 3.52. The summed E-state index contributed by atoms with van der Waals surface area (Å²) < 4.78 is 1.86. The van der Waals surface area contributed by atoms with Crippen LogP contribution >= 0.6 is 0 Å². The van der Waals surface area contributed by atoms with E-state index in [0.717, 1.165) is 14.7 Å². The van der Waals surface area contributed by atoms with E-state index in [0.29, 0.717) is 5.56 Å². The largest absolute Gasteiger partial charge is 0.512 e. The van der Waals surface area contributed by atoms with Crippen molar-refractivity contribution in [3.8, 4) is 5.88 Å². The summed E-state index contributed by atoms with van der Waals surface area (Å²) in [5.74, 6) is -1.86. The molecule has 1 aliphatic carbocycles. The third-order valence-corrected chi connectivity index (χ3v) is 5.55. The summed E-state index contributed by atoms with van der Waals surface area (Å²) >= 11 is 0. The fraction of sp³-hybridized carbons (Fsp3) is 0.409. The first kappa shape index (κ1) is 20.6. The third-order valence-electron chi connectivity index (χ3n) is 5.55. The highest BCUT2D eigenvalue weighted by molar-refractivity contribution is 5.99. The Morgan fingerprint density at radius 1 is 0.966 bits per heavy atom. The predicted octanol–water partition coefficient (Wildman–Crippen LogP) is 2.43. The van der Waals surface area contributed by atoms with Crippen molar-refractivity contribution in [3.63, 3.8) is 0 Å². The normalized spacial score (nSPS) is 17.5. The summed E-state index contributed by atoms with van der Waals surface area (Å²) in [4.78, 5) is 38.3. The number of benzene rings is 1. The number of hydrogen-bond donors (Lipinski definition) is 2. The highest BCUT2D eigenvalue weighted by Gasteiger charge is 2.40. The molecule has 1 atom stereocenters. The molecule has 154 valence electrons. The number of aliphatic hydroxyl groups is 1. The molecule has 0 bridgehead atoms. The lowest BCUT2D eigenvalue weighted by molar-refractivity contribution is -0.118. The van der Waals surface area contributed by atoms with Crippen LogP contribution in [-0.4, -0.2) is 25.1 Å². The van der Waals surface area contributed by atoms with E-state index in [-0.39, 0.29) is 35.5 Å². The van der Waals surface area contributed by atoms with Crippen LogP contribution in [0.1, 0.15) is 49.3 Å². The molecule has 7 heteroatoms. The molecule has 0 spiro atoms. The van der Waals surface area contributed by atoms with E-state index < -0.39 is 28.5 Å². The van der Waals surface area contributed by atoms with Gasteiger partial charge in [-0.2, -0.15) is 0 Å². The number of allylic oxidation sites excluding steroid dienone is 2. The molecule has 1 unspecified atom stereocenters. The number of aromatic nitrogens is 2. The van der Waals surface area contributed by atoms with Crippen LogP contribution in [0, 0.1) is 12.3 Å². The zero-order chi connectivity index (χ0) is 21.7. The molecule has 2 N–H and O–H groups in total. The monoisotopic (exact) mass is 398 g/mol. The summed E-state index contributed by atoms with van der Waals surface area (Å²) in [6.45, 7) is 5.69. The first-order valence-corrected chi connectivity index (χ1v) is 9.45. The molecule has 0 saturated heterocycles. The number of hydrogen-bond acceptors (Lipinski definition) is 5. The summed E-state index contributed by atoms with van der Waals surface area (Å²) in [7, 11) is 2.67. The molecule has 3 rings (SSSR count). The summed E-state index contributed by atoms with van der Waals surface area (Å²) in [6.07, 6.45) is 0.491. The molecular formula is C22H26N2O5. The first-order valence-electron chi connectivity index (χ1n) is 9.45. The summed E-state index contributed by atoms with van der Waals surface area (Å²) in [5.41, 5.74) is -0.218. The van der Waals surface area contributed by atoms with Crippen LogP contribution in [0.5, 0.6) is 5.88 Å². The molecule has 0 aliphatic heterocycles. The van der Waals surface area contributed by atoms with Crippen molar-refractivity contribution in [2.24, 2.45) is 19.5 Å². The minimum absolute atomic E-state index is 0.0906. The lowest BCUT2D eigenvalue weighted by Gasteiger charge is -2.33. The molecule has 1 aromatic heterocycles. The number of ketones is 1. The van der Waals surface area contributed by atoms with Crippen molar-refractivity contribution in [1.82, 2.24) is 9.13 Å². The van der Waals surface area contributed by atoms with Gasteiger partial charge in [-0.05, 0) is 17.9 Å². The van der Waals surface area contributed by atoms with Gasteiger partial charge in [0.05, 0.1) is 11.5 Å². The Morgan fingerprint density at radius 3 is 2.10 bits per heavy atom. The van der Waals surface area contributed by atoms with E-state index in [2.05, 4.69) is 0 Å². The van der Waals surface area contributed by atoms with Crippen LogP contribution in [0.4, 0.5) is 0 Å². The second-order valence-electron chi connectivity index (χ2n) is 8.59. The second kappa shape index (κ2) is 7.06. The summed E-state index contributed by atoms with van der Waals surface area (Å²) in [6, 6.07) is 7.19. The van der Waals surface area contributed by atoms with Gasteiger partial charge < -0.3 is 10.2 Å². The summed E-state index contributed by atoms with van der Waals surface area (Å²) in [5, 5.41) is 21.5. The highest BCUT2D eigenvalue weighted by Crippen LogP contribution is 2.43. The van der Waals surface area contributed by atoms with Crippen LogP contribution in [0.3, 0.4) is 0 Å². The average Bonchev–Trinajstić information content (AvgIpc) is 2.63. The molecule has 29 heavy (non-hydrogen) atoms. The van der Waals surface area contributed by atoms with Crippen molar-refractivity contribution < 1.29 is 15.0 Å². The molecular weight excluding hydrogens is 372 g/mol. The fourth-order valence-electron chi connectivity index (χ4n) is 3.98. The molecule has 1 aliphatic rings. The Kier molecular flexibility index (Phi) is 5.03. The zero-order valence-electron chi connectivity index (χ0n) is 17.3. The van der Waals surface area contributed by atoms with Crippen molar-refractivity contribution in [2.45, 2.75) is 39.5 Å². The zero-order valence-corrected chi connectivity index (χ0v) is 17.3. The van der Waals surface area contributed by atoms with E-state index in [1.165, 1.54) is 14.1 Å². The maximum atomic E-state index is 13.1. The Morgan fingerprint density at radius 2 is 1.55 bits per heavy atom. The average molecular weight is 398 g/mol. The maximum Gasteiger partial charge on any atom is 0.333 e. The number of aromatic hydroxyl groups is 1. The van der Waals surface area contributed by atoms with Crippen LogP contribution < -0.4 is 11.2 Å². The second-order valence-corrected chi connectivity index (χ2v) is 8.59. The van der Waals surface area contributed by atoms with Crippen molar-refractivity contribution in [3.05, 3.63) is 73.1 Å². The van der Waals surface area contributed by atoms with E-state index in [1.807, 2.05) is 32.9 Å². The van der Waals surface area contributed by atoms with Crippen LogP contribution in [0.25, 0.3) is 0 Å². The van der Waals surface area contributed by atoms with Gasteiger partial charge in [0.2, 0.25) is 5.88 Å². The smallest absolute Gasteiger partial charge is 0.333 e. The quantitative estimate of drug-likeness (QED) is 0.827. The van der Waals surface area contributed by atoms with Crippen LogP contribution in [0.15, 0.2) is 45.2 Å². The van der Waals surface area contributed by atoms with Crippen molar-refractivity contribution in [2.75, 3.05) is 0 Å². The number of nitrogens with zero attached hydrogens (tertiary/aromatic N) is 2. The SMILES string of the molecule is Cc1ccc(C(C2=C(O)CC(C)(C)CC2=O)c2c(O)n(C)c(=O)n(C)c2=O)cc1. The predicted molar refractivity (Wildman–Crippen MR) is 109 cm³/mol. The van der Waals surface area contributed by atoms with Crippen molar-refractivity contribution >= 4 is 5.78 Å². The van der Waals surface area contributed by atoms with Gasteiger partial charge in [-0.15, -0.1) is 0 Å². The number of aryl methyl sites for hydroxylation is 1. The Balaban J connectivity index is 2.39. The first-order chi connectivity index (χ1) is 13.4. The van der Waals surface area contributed by atoms with Gasteiger partial charge in [0.1, 0.15) is 5.76 Å². The Hall–Kier alpha value is -3.09. The minimum atomic E-state index is -0.982. The number of aliphatic hydroxyl groups excluding tert-OH is 1. The van der Waals surface area contributed by atoms with Gasteiger partial charge in [-0.25, -0.2) is 4.79 Å². The highest BCUT2D eigenvalue weighted by atomic mass is 16.3. The van der Waals surface area contributed by atoms with Crippen molar-refractivity contribution in [1.29, 1.82) is 0 Å². The minimum Gasteiger partial charge on any atom is -0.512 e. The molecule has 7 nitrogen and oxygen atoms in total. The van der Waals surface area contributed by atoms with E-state index in [9.17, 15) is 24.6 Å². The molecule has 0 amide bonds. The number of Topliss-reactive ketones (excluding diaryl/α,β-unsaturated/α-hetero) is 1. The molecule has 0 saturated carbocycles. The van der Waals surface area contributed by atoms with Gasteiger partial charge in [0.15, 0.2) is 5.78 Å². The molecule has 0 fully saturated rings.